The van der Waals surface area contributed by atoms with E-state index >= 15 is 0 Å². The number of rotatable bonds is 3. The Balaban J connectivity index is 1.96. The summed E-state index contributed by atoms with van der Waals surface area (Å²) >= 11 is 0. The number of hydrogen-bond donors (Lipinski definition) is 1. The molecular formula is C10H15N3O2. The van der Waals surface area contributed by atoms with Gasteiger partial charge in [-0.05, 0) is 19.4 Å². The summed E-state index contributed by atoms with van der Waals surface area (Å²) in [6, 6.07) is 2.09. The van der Waals surface area contributed by atoms with Crippen LogP contribution in [0.25, 0.3) is 0 Å². The third kappa shape index (κ3) is 2.79. The van der Waals surface area contributed by atoms with Gasteiger partial charge in [0.15, 0.2) is 0 Å². The predicted molar refractivity (Wildman–Crippen MR) is 55.1 cm³/mol. The van der Waals surface area contributed by atoms with Crippen LogP contribution in [0.4, 0.5) is 0 Å². The van der Waals surface area contributed by atoms with Gasteiger partial charge < -0.3 is 14.8 Å². The van der Waals surface area contributed by atoms with Gasteiger partial charge in [-0.15, -0.1) is 0 Å². The van der Waals surface area contributed by atoms with E-state index in [4.69, 9.17) is 9.47 Å². The van der Waals surface area contributed by atoms with E-state index in [-0.39, 0.29) is 6.10 Å². The molecule has 82 valence electrons. The van der Waals surface area contributed by atoms with Crippen LogP contribution in [-0.4, -0.2) is 36.3 Å². The Hall–Kier alpha value is -1.36. The first-order valence-corrected chi connectivity index (χ1v) is 5.13. The molecule has 0 aliphatic carbocycles. The third-order valence-electron chi connectivity index (χ3n) is 2.34. The molecule has 1 fully saturated rings. The number of aromatic nitrogens is 2. The van der Waals surface area contributed by atoms with E-state index < -0.39 is 0 Å². The van der Waals surface area contributed by atoms with Crippen molar-refractivity contribution >= 4 is 0 Å². The Kier molecular flexibility index (Phi) is 3.34. The van der Waals surface area contributed by atoms with Gasteiger partial charge in [-0.25, -0.2) is 4.98 Å². The molecule has 1 atom stereocenters. The zero-order chi connectivity index (χ0) is 10.5. The van der Waals surface area contributed by atoms with Crippen LogP contribution in [0.5, 0.6) is 11.9 Å². The maximum atomic E-state index is 5.63. The highest BCUT2D eigenvalue weighted by Gasteiger charge is 2.15. The molecule has 0 spiro atoms. The van der Waals surface area contributed by atoms with E-state index in [1.165, 1.54) is 0 Å². The van der Waals surface area contributed by atoms with Crippen LogP contribution in [0.3, 0.4) is 0 Å². The second-order valence-corrected chi connectivity index (χ2v) is 3.47. The highest BCUT2D eigenvalue weighted by Crippen LogP contribution is 2.13. The Morgan fingerprint density at radius 2 is 2.47 bits per heavy atom. The molecular weight excluding hydrogens is 194 g/mol. The molecule has 1 N–H and O–H groups in total. The van der Waals surface area contributed by atoms with E-state index in [1.807, 2.05) is 0 Å². The van der Waals surface area contributed by atoms with E-state index in [2.05, 4.69) is 15.3 Å². The Labute approximate surface area is 88.8 Å². The smallest absolute Gasteiger partial charge is 0.319 e. The molecule has 0 aromatic carbocycles. The molecule has 0 saturated carbocycles. The summed E-state index contributed by atoms with van der Waals surface area (Å²) in [6.07, 6.45) is 3.99. The molecule has 5 heteroatoms. The van der Waals surface area contributed by atoms with Gasteiger partial charge in [0.25, 0.3) is 0 Å². The minimum Gasteiger partial charge on any atom is -0.481 e. The van der Waals surface area contributed by atoms with Crippen LogP contribution < -0.4 is 14.8 Å². The first kappa shape index (κ1) is 10.2. The monoisotopic (exact) mass is 209 g/mol. The zero-order valence-electron chi connectivity index (χ0n) is 8.77. The number of nitrogens with one attached hydrogen (secondary N) is 1. The van der Waals surface area contributed by atoms with Gasteiger partial charge in [-0.2, -0.15) is 4.98 Å². The number of nitrogens with zero attached hydrogens (tertiary/aromatic N) is 2. The zero-order valence-corrected chi connectivity index (χ0v) is 8.77. The maximum absolute atomic E-state index is 5.63. The summed E-state index contributed by atoms with van der Waals surface area (Å²) in [5.74, 6) is 0.531. The van der Waals surface area contributed by atoms with Crippen LogP contribution in [0.2, 0.25) is 0 Å². The first-order chi connectivity index (χ1) is 7.38. The van der Waals surface area contributed by atoms with Crippen molar-refractivity contribution in [3.63, 3.8) is 0 Å². The minimum absolute atomic E-state index is 0.172. The third-order valence-corrected chi connectivity index (χ3v) is 2.34. The average Bonchev–Trinajstić information content (AvgIpc) is 2.31. The van der Waals surface area contributed by atoms with Crippen molar-refractivity contribution in [1.82, 2.24) is 15.3 Å². The highest BCUT2D eigenvalue weighted by molar-refractivity contribution is 5.11. The molecule has 0 radical (unpaired) electrons. The second-order valence-electron chi connectivity index (χ2n) is 3.47. The summed E-state index contributed by atoms with van der Waals surface area (Å²) in [5, 5.41) is 3.27. The van der Waals surface area contributed by atoms with Crippen molar-refractivity contribution < 1.29 is 9.47 Å². The Morgan fingerprint density at radius 3 is 3.20 bits per heavy atom. The SMILES string of the molecule is COc1ccnc(O[C@H]2CCCNC2)n1. The fraction of sp³-hybridized carbons (Fsp3) is 0.600. The highest BCUT2D eigenvalue weighted by atomic mass is 16.5. The maximum Gasteiger partial charge on any atom is 0.319 e. The Bertz CT molecular complexity index is 313. The van der Waals surface area contributed by atoms with Gasteiger partial charge in [-0.3, -0.25) is 0 Å². The van der Waals surface area contributed by atoms with Crippen molar-refractivity contribution in [3.8, 4) is 11.9 Å². The lowest BCUT2D eigenvalue weighted by molar-refractivity contribution is 0.152. The molecule has 2 rings (SSSR count). The largest absolute Gasteiger partial charge is 0.481 e. The van der Waals surface area contributed by atoms with Crippen molar-refractivity contribution in [2.24, 2.45) is 0 Å². The standard InChI is InChI=1S/C10H15N3O2/c1-14-9-4-6-12-10(13-9)15-8-3-2-5-11-7-8/h4,6,8,11H,2-3,5,7H2,1H3/t8-/m0/s1. The summed E-state index contributed by atoms with van der Waals surface area (Å²) in [6.45, 7) is 1.93. The normalized spacial score (nSPS) is 21.0. The van der Waals surface area contributed by atoms with Crippen molar-refractivity contribution in [1.29, 1.82) is 0 Å². The molecule has 1 aliphatic rings. The first-order valence-electron chi connectivity index (χ1n) is 5.13. The quantitative estimate of drug-likeness (QED) is 0.790. The Morgan fingerprint density at radius 1 is 1.53 bits per heavy atom. The lowest BCUT2D eigenvalue weighted by Crippen LogP contribution is -2.37. The molecule has 1 aromatic heterocycles. The molecule has 1 aliphatic heterocycles. The fourth-order valence-corrected chi connectivity index (χ4v) is 1.57. The van der Waals surface area contributed by atoms with E-state index in [9.17, 15) is 0 Å². The van der Waals surface area contributed by atoms with Crippen LogP contribution in [0.15, 0.2) is 12.3 Å². The van der Waals surface area contributed by atoms with Crippen LogP contribution >= 0.6 is 0 Å². The summed E-state index contributed by atoms with van der Waals surface area (Å²) in [5.41, 5.74) is 0. The van der Waals surface area contributed by atoms with E-state index in [1.54, 1.807) is 19.4 Å². The molecule has 2 heterocycles. The lowest BCUT2D eigenvalue weighted by Gasteiger charge is -2.22. The average molecular weight is 209 g/mol. The predicted octanol–water partition coefficient (Wildman–Crippen LogP) is 0.616. The molecule has 0 unspecified atom stereocenters. The number of piperidine rings is 1. The molecule has 1 saturated heterocycles. The number of ether oxygens (including phenoxy) is 2. The summed E-state index contributed by atoms with van der Waals surface area (Å²) < 4.78 is 10.6. The van der Waals surface area contributed by atoms with Gasteiger partial charge in [0.1, 0.15) is 6.10 Å². The van der Waals surface area contributed by atoms with Gasteiger partial charge >= 0.3 is 6.01 Å². The van der Waals surface area contributed by atoms with Crippen LogP contribution in [0.1, 0.15) is 12.8 Å². The molecule has 5 nitrogen and oxygen atoms in total. The molecule has 15 heavy (non-hydrogen) atoms. The lowest BCUT2D eigenvalue weighted by atomic mass is 10.1. The fourth-order valence-electron chi connectivity index (χ4n) is 1.57. The molecule has 0 amide bonds. The van der Waals surface area contributed by atoms with Crippen molar-refractivity contribution in [3.05, 3.63) is 12.3 Å². The van der Waals surface area contributed by atoms with Gasteiger partial charge in [0.2, 0.25) is 5.88 Å². The summed E-state index contributed by atoms with van der Waals surface area (Å²) in [7, 11) is 1.58. The molecule has 0 bridgehead atoms. The van der Waals surface area contributed by atoms with Crippen LogP contribution in [-0.2, 0) is 0 Å². The van der Waals surface area contributed by atoms with Crippen LogP contribution in [0, 0.1) is 0 Å². The molecule has 1 aromatic rings. The number of methoxy groups -OCH3 is 1. The number of hydrogen-bond acceptors (Lipinski definition) is 5. The van der Waals surface area contributed by atoms with Crippen molar-refractivity contribution in [2.45, 2.75) is 18.9 Å². The summed E-state index contributed by atoms with van der Waals surface area (Å²) in [4.78, 5) is 8.14. The van der Waals surface area contributed by atoms with Gasteiger partial charge in [-0.1, -0.05) is 0 Å². The van der Waals surface area contributed by atoms with Gasteiger partial charge in [0, 0.05) is 18.8 Å². The second kappa shape index (κ2) is 4.93. The van der Waals surface area contributed by atoms with E-state index in [0.717, 1.165) is 25.9 Å². The van der Waals surface area contributed by atoms with Crippen molar-refractivity contribution in [2.75, 3.05) is 20.2 Å². The van der Waals surface area contributed by atoms with E-state index in [0.29, 0.717) is 11.9 Å². The van der Waals surface area contributed by atoms with Gasteiger partial charge in [0.05, 0.1) is 7.11 Å². The topological polar surface area (TPSA) is 56.3 Å². The minimum atomic E-state index is 0.172.